The van der Waals surface area contributed by atoms with Crippen LogP contribution < -0.4 is 11.4 Å². The molecule has 0 saturated carbocycles. The molecule has 3 aromatic carbocycles. The average molecular weight is 468 g/mol. The zero-order valence-electron chi connectivity index (χ0n) is 19.2. The van der Waals surface area contributed by atoms with Crippen molar-refractivity contribution in [3.05, 3.63) is 111 Å². The highest BCUT2D eigenvalue weighted by Gasteiger charge is 2.24. The summed E-state index contributed by atoms with van der Waals surface area (Å²) in [6.07, 6.45) is 0. The van der Waals surface area contributed by atoms with Crippen molar-refractivity contribution in [2.45, 2.75) is 20.4 Å². The molecule has 0 aliphatic heterocycles. The van der Waals surface area contributed by atoms with Gasteiger partial charge < -0.3 is 5.73 Å². The van der Waals surface area contributed by atoms with Gasteiger partial charge in [0, 0.05) is 5.56 Å². The number of amides is 1. The van der Waals surface area contributed by atoms with Crippen LogP contribution in [0.5, 0.6) is 0 Å². The number of hydrogen-bond acceptors (Lipinski definition) is 4. The van der Waals surface area contributed by atoms with Gasteiger partial charge in [-0.15, -0.1) is 0 Å². The summed E-state index contributed by atoms with van der Waals surface area (Å²) >= 11 is 0. The number of nitrogens with two attached hydrogens (primary N) is 1. The van der Waals surface area contributed by atoms with E-state index in [1.807, 2.05) is 62.4 Å². The normalized spacial score (nSPS) is 11.2. The SMILES string of the molecule is Cc1ccc(-n2c(=O)n(Cc3ccccc3)c3c(C(N)=O)nc(-c4ccc(F)cc4)nc32)cc1C. The molecule has 174 valence electrons. The number of primary amides is 1. The molecule has 0 bridgehead atoms. The van der Waals surface area contributed by atoms with Crippen molar-refractivity contribution >= 4 is 17.1 Å². The summed E-state index contributed by atoms with van der Waals surface area (Å²) in [5, 5.41) is 0. The highest BCUT2D eigenvalue weighted by Crippen LogP contribution is 2.25. The Morgan fingerprint density at radius 2 is 1.66 bits per heavy atom. The highest BCUT2D eigenvalue weighted by molar-refractivity contribution is 6.02. The molecule has 35 heavy (non-hydrogen) atoms. The van der Waals surface area contributed by atoms with Gasteiger partial charge in [-0.2, -0.15) is 0 Å². The van der Waals surface area contributed by atoms with Crippen LogP contribution in [-0.4, -0.2) is 25.0 Å². The van der Waals surface area contributed by atoms with E-state index in [0.29, 0.717) is 11.3 Å². The van der Waals surface area contributed by atoms with Crippen LogP contribution in [0.2, 0.25) is 0 Å². The standard InChI is InChI=1S/C27H22FN5O2/c1-16-8-13-21(14-17(16)2)33-26-23(32(27(33)35)15-18-6-4-3-5-7-18)22(24(29)34)30-25(31-26)19-9-11-20(28)12-10-19/h3-14H,15H2,1-2H3,(H2,29,34). The number of aromatic nitrogens is 4. The summed E-state index contributed by atoms with van der Waals surface area (Å²) in [4.78, 5) is 35.4. The fraction of sp³-hybridized carbons (Fsp3) is 0.111. The van der Waals surface area contributed by atoms with Gasteiger partial charge in [0.1, 0.15) is 11.3 Å². The quantitative estimate of drug-likeness (QED) is 0.420. The maximum Gasteiger partial charge on any atom is 0.335 e. The van der Waals surface area contributed by atoms with E-state index in [4.69, 9.17) is 5.73 Å². The van der Waals surface area contributed by atoms with Gasteiger partial charge in [-0.3, -0.25) is 9.36 Å². The Bertz CT molecular complexity index is 1640. The molecule has 2 heterocycles. The van der Waals surface area contributed by atoms with Crippen LogP contribution in [0.1, 0.15) is 27.2 Å². The number of fused-ring (bicyclic) bond motifs is 1. The first-order chi connectivity index (χ1) is 16.8. The molecule has 0 aliphatic carbocycles. The van der Waals surface area contributed by atoms with E-state index in [0.717, 1.165) is 16.7 Å². The molecule has 0 radical (unpaired) electrons. The van der Waals surface area contributed by atoms with E-state index in [1.165, 1.54) is 33.4 Å². The van der Waals surface area contributed by atoms with Crippen molar-refractivity contribution in [3.63, 3.8) is 0 Å². The number of benzene rings is 3. The number of rotatable bonds is 5. The van der Waals surface area contributed by atoms with Gasteiger partial charge in [0.05, 0.1) is 12.2 Å². The first-order valence-electron chi connectivity index (χ1n) is 11.0. The van der Waals surface area contributed by atoms with Crippen molar-refractivity contribution in [1.29, 1.82) is 0 Å². The monoisotopic (exact) mass is 467 g/mol. The van der Waals surface area contributed by atoms with E-state index in [2.05, 4.69) is 9.97 Å². The fourth-order valence-electron chi connectivity index (χ4n) is 4.06. The second kappa shape index (κ2) is 8.64. The van der Waals surface area contributed by atoms with Gasteiger partial charge in [0.15, 0.2) is 17.2 Å². The van der Waals surface area contributed by atoms with Gasteiger partial charge >= 0.3 is 5.69 Å². The second-order valence-corrected chi connectivity index (χ2v) is 8.40. The minimum Gasteiger partial charge on any atom is -0.364 e. The second-order valence-electron chi connectivity index (χ2n) is 8.40. The maximum atomic E-state index is 13.8. The summed E-state index contributed by atoms with van der Waals surface area (Å²) < 4.78 is 16.4. The molecule has 0 saturated heterocycles. The molecule has 8 heteroatoms. The molecular weight excluding hydrogens is 445 g/mol. The Kier molecular flexibility index (Phi) is 5.49. The Morgan fingerprint density at radius 1 is 0.943 bits per heavy atom. The van der Waals surface area contributed by atoms with E-state index in [1.54, 1.807) is 0 Å². The third kappa shape index (κ3) is 3.99. The fourth-order valence-corrected chi connectivity index (χ4v) is 4.06. The van der Waals surface area contributed by atoms with Gasteiger partial charge in [-0.25, -0.2) is 23.7 Å². The van der Waals surface area contributed by atoms with Crippen molar-refractivity contribution in [2.75, 3.05) is 0 Å². The zero-order chi connectivity index (χ0) is 24.7. The molecule has 2 N–H and O–H groups in total. The lowest BCUT2D eigenvalue weighted by Gasteiger charge is -2.08. The van der Waals surface area contributed by atoms with Crippen LogP contribution in [0, 0.1) is 19.7 Å². The number of carbonyl (C=O) groups is 1. The first kappa shape index (κ1) is 22.2. The van der Waals surface area contributed by atoms with Crippen LogP contribution >= 0.6 is 0 Å². The molecule has 1 amide bonds. The van der Waals surface area contributed by atoms with Crippen molar-refractivity contribution < 1.29 is 9.18 Å². The Hall–Kier alpha value is -4.59. The highest BCUT2D eigenvalue weighted by atomic mass is 19.1. The molecule has 0 fully saturated rings. The third-order valence-corrected chi connectivity index (χ3v) is 6.04. The predicted molar refractivity (Wildman–Crippen MR) is 132 cm³/mol. The predicted octanol–water partition coefficient (Wildman–Crippen LogP) is 4.15. The Balaban J connectivity index is 1.87. The van der Waals surface area contributed by atoms with Gasteiger partial charge in [0.2, 0.25) is 0 Å². The molecule has 0 unspecified atom stereocenters. The topological polar surface area (TPSA) is 95.8 Å². The average Bonchev–Trinajstić information content (AvgIpc) is 3.12. The largest absolute Gasteiger partial charge is 0.364 e. The molecule has 2 aromatic heterocycles. The molecule has 5 rings (SSSR count). The van der Waals surface area contributed by atoms with Gasteiger partial charge in [-0.05, 0) is 66.9 Å². The van der Waals surface area contributed by atoms with Crippen LogP contribution in [0.3, 0.4) is 0 Å². The lowest BCUT2D eigenvalue weighted by Crippen LogP contribution is -2.24. The number of aryl methyl sites for hydroxylation is 2. The summed E-state index contributed by atoms with van der Waals surface area (Å²) in [5.41, 5.74) is 9.82. The first-order valence-corrected chi connectivity index (χ1v) is 11.0. The molecular formula is C27H22FN5O2. The molecule has 7 nitrogen and oxygen atoms in total. The number of halogens is 1. The van der Waals surface area contributed by atoms with E-state index in [-0.39, 0.29) is 34.9 Å². The van der Waals surface area contributed by atoms with E-state index >= 15 is 0 Å². The van der Waals surface area contributed by atoms with Gasteiger partial charge in [-0.1, -0.05) is 36.4 Å². The third-order valence-electron chi connectivity index (χ3n) is 6.04. The van der Waals surface area contributed by atoms with Crippen LogP contribution in [-0.2, 0) is 6.54 Å². The number of imidazole rings is 1. The van der Waals surface area contributed by atoms with Crippen LogP contribution in [0.25, 0.3) is 28.2 Å². The van der Waals surface area contributed by atoms with Crippen LogP contribution in [0.15, 0.2) is 77.6 Å². The number of nitrogens with zero attached hydrogens (tertiary/aromatic N) is 4. The summed E-state index contributed by atoms with van der Waals surface area (Å²) in [6.45, 7) is 4.15. The molecule has 0 atom stereocenters. The molecule has 0 spiro atoms. The van der Waals surface area contributed by atoms with Crippen molar-refractivity contribution in [1.82, 2.24) is 19.1 Å². The Labute approximate surface area is 200 Å². The number of carbonyl (C=O) groups excluding carboxylic acids is 1. The molecule has 0 aliphatic rings. The number of hydrogen-bond donors (Lipinski definition) is 1. The lowest BCUT2D eigenvalue weighted by atomic mass is 10.1. The lowest BCUT2D eigenvalue weighted by molar-refractivity contribution is 0.0997. The Morgan fingerprint density at radius 3 is 2.31 bits per heavy atom. The van der Waals surface area contributed by atoms with Gasteiger partial charge in [0.25, 0.3) is 5.91 Å². The molecule has 5 aromatic rings. The van der Waals surface area contributed by atoms with Crippen molar-refractivity contribution in [3.8, 4) is 17.1 Å². The zero-order valence-corrected chi connectivity index (χ0v) is 19.2. The van der Waals surface area contributed by atoms with E-state index in [9.17, 15) is 14.0 Å². The van der Waals surface area contributed by atoms with Crippen molar-refractivity contribution in [2.24, 2.45) is 5.73 Å². The summed E-state index contributed by atoms with van der Waals surface area (Å²) in [6, 6.07) is 20.7. The summed E-state index contributed by atoms with van der Waals surface area (Å²) in [5.74, 6) is -1.04. The van der Waals surface area contributed by atoms with Crippen LogP contribution in [0.4, 0.5) is 4.39 Å². The minimum absolute atomic E-state index is 0.0788. The maximum absolute atomic E-state index is 13.8. The minimum atomic E-state index is -0.792. The summed E-state index contributed by atoms with van der Waals surface area (Å²) in [7, 11) is 0. The smallest absolute Gasteiger partial charge is 0.335 e. The van der Waals surface area contributed by atoms with E-state index < -0.39 is 11.7 Å².